The largest absolute Gasteiger partial charge is 0.462 e. The van der Waals surface area contributed by atoms with Gasteiger partial charge in [0.15, 0.2) is 0 Å². The number of nitrogens with zero attached hydrogens (tertiary/aromatic N) is 1. The molecule has 0 aliphatic carbocycles. The summed E-state index contributed by atoms with van der Waals surface area (Å²) in [5, 5.41) is 1.12. The van der Waals surface area contributed by atoms with E-state index in [-0.39, 0.29) is 5.91 Å². The Bertz CT molecular complexity index is 986. The van der Waals surface area contributed by atoms with Gasteiger partial charge in [0.25, 0.3) is 0 Å². The topological polar surface area (TPSA) is 54.6 Å². The van der Waals surface area contributed by atoms with Crippen LogP contribution in [0.5, 0.6) is 5.75 Å². The molecule has 0 radical (unpaired) electrons. The van der Waals surface area contributed by atoms with E-state index in [1.54, 1.807) is 0 Å². The molecule has 2 aromatic carbocycles. The number of nitrogens with one attached hydrogen (secondary N) is 1. The van der Waals surface area contributed by atoms with E-state index in [9.17, 15) is 4.79 Å². The average molecular weight is 362 g/mol. The zero-order chi connectivity index (χ0) is 18.3. The van der Waals surface area contributed by atoms with Crippen molar-refractivity contribution in [3.63, 3.8) is 0 Å². The number of carbonyl (C=O) groups is 1. The van der Waals surface area contributed by atoms with Crippen molar-refractivity contribution in [1.82, 2.24) is 9.88 Å². The lowest BCUT2D eigenvalue weighted by molar-refractivity contribution is -0.227. The Balaban J connectivity index is 1.25. The number of rotatable bonds is 2. The molecule has 0 bridgehead atoms. The van der Waals surface area contributed by atoms with Crippen LogP contribution in [-0.2, 0) is 22.6 Å². The molecular weight excluding hydrogens is 340 g/mol. The molecule has 5 rings (SSSR count). The molecule has 0 saturated carbocycles. The number of aromatic nitrogens is 1. The number of ether oxygens (including phenoxy) is 2. The third kappa shape index (κ3) is 2.98. The van der Waals surface area contributed by atoms with Gasteiger partial charge < -0.3 is 19.4 Å². The minimum absolute atomic E-state index is 0.158. The van der Waals surface area contributed by atoms with Crippen molar-refractivity contribution < 1.29 is 14.3 Å². The Morgan fingerprint density at radius 2 is 1.85 bits per heavy atom. The molecule has 2 aliphatic rings. The fourth-order valence-corrected chi connectivity index (χ4v) is 4.06. The molecule has 138 valence electrons. The minimum atomic E-state index is -0.591. The van der Waals surface area contributed by atoms with E-state index in [1.165, 1.54) is 0 Å². The van der Waals surface area contributed by atoms with E-state index >= 15 is 0 Å². The number of carbonyl (C=O) groups excluding carboxylic acids is 1. The molecule has 2 aliphatic heterocycles. The quantitative estimate of drug-likeness (QED) is 0.757. The van der Waals surface area contributed by atoms with E-state index in [0.717, 1.165) is 27.8 Å². The second-order valence-corrected chi connectivity index (χ2v) is 7.33. The molecule has 1 fully saturated rings. The molecule has 1 spiro atoms. The number of benzene rings is 2. The van der Waals surface area contributed by atoms with Crippen molar-refractivity contribution in [3.05, 3.63) is 65.9 Å². The van der Waals surface area contributed by atoms with Gasteiger partial charge in [-0.05, 0) is 17.7 Å². The smallest absolute Gasteiger partial charge is 0.227 e. The molecule has 5 heteroatoms. The lowest BCUT2D eigenvalue weighted by Crippen LogP contribution is -2.52. The summed E-state index contributed by atoms with van der Waals surface area (Å²) in [6, 6.07) is 16.1. The van der Waals surface area contributed by atoms with Gasteiger partial charge >= 0.3 is 0 Å². The van der Waals surface area contributed by atoms with Crippen molar-refractivity contribution in [2.24, 2.45) is 0 Å². The third-order valence-electron chi connectivity index (χ3n) is 5.65. The Morgan fingerprint density at radius 1 is 1.07 bits per heavy atom. The van der Waals surface area contributed by atoms with E-state index in [1.807, 2.05) is 53.6 Å². The predicted molar refractivity (Wildman–Crippen MR) is 102 cm³/mol. The Kier molecular flexibility index (Phi) is 3.90. The SMILES string of the molecule is O=C(Cc1c[nH]c2ccccc12)N1CCC2(CC1)OCc1ccccc1O2. The standard InChI is InChI=1S/C22H22N2O3/c25-21(13-17-14-23-19-7-3-2-6-18(17)19)24-11-9-22(10-12-24)26-15-16-5-1-4-8-20(16)27-22/h1-8,14,23H,9-13,15H2. The van der Waals surface area contributed by atoms with Crippen LogP contribution < -0.4 is 4.74 Å². The fraction of sp³-hybridized carbons (Fsp3) is 0.318. The molecule has 3 aromatic rings. The summed E-state index contributed by atoms with van der Waals surface area (Å²) in [5.41, 5.74) is 3.21. The zero-order valence-corrected chi connectivity index (χ0v) is 15.1. The maximum absolute atomic E-state index is 12.8. The van der Waals surface area contributed by atoms with Gasteiger partial charge in [-0.2, -0.15) is 0 Å². The summed E-state index contributed by atoms with van der Waals surface area (Å²) in [6.07, 6.45) is 3.75. The van der Waals surface area contributed by atoms with Gasteiger partial charge in [0.2, 0.25) is 11.7 Å². The molecular formula is C22H22N2O3. The lowest BCUT2D eigenvalue weighted by atomic mass is 10.0. The average Bonchev–Trinajstić information content (AvgIpc) is 3.11. The summed E-state index contributed by atoms with van der Waals surface area (Å²) in [4.78, 5) is 18.0. The van der Waals surface area contributed by atoms with Gasteiger partial charge in [-0.1, -0.05) is 36.4 Å². The van der Waals surface area contributed by atoms with Gasteiger partial charge in [0.1, 0.15) is 5.75 Å². The highest BCUT2D eigenvalue weighted by atomic mass is 16.7. The molecule has 1 N–H and O–H groups in total. The molecule has 0 unspecified atom stereocenters. The maximum Gasteiger partial charge on any atom is 0.227 e. The number of aromatic amines is 1. The van der Waals surface area contributed by atoms with Gasteiger partial charge in [-0.15, -0.1) is 0 Å². The molecule has 5 nitrogen and oxygen atoms in total. The summed E-state index contributed by atoms with van der Waals surface area (Å²) >= 11 is 0. The van der Waals surface area contributed by atoms with E-state index < -0.39 is 5.79 Å². The van der Waals surface area contributed by atoms with Crippen LogP contribution in [-0.4, -0.2) is 34.7 Å². The van der Waals surface area contributed by atoms with Gasteiger partial charge in [-0.3, -0.25) is 4.79 Å². The second-order valence-electron chi connectivity index (χ2n) is 7.33. The minimum Gasteiger partial charge on any atom is -0.462 e. The monoisotopic (exact) mass is 362 g/mol. The number of amides is 1. The van der Waals surface area contributed by atoms with E-state index in [2.05, 4.69) is 11.1 Å². The van der Waals surface area contributed by atoms with E-state index in [4.69, 9.17) is 9.47 Å². The highest BCUT2D eigenvalue weighted by molar-refractivity contribution is 5.88. The first-order chi connectivity index (χ1) is 13.2. The highest BCUT2D eigenvalue weighted by Crippen LogP contribution is 2.37. The van der Waals surface area contributed by atoms with Gasteiger partial charge in [0, 0.05) is 48.6 Å². The molecule has 1 aromatic heterocycles. The zero-order valence-electron chi connectivity index (χ0n) is 15.1. The normalized spacial score (nSPS) is 18.3. The number of para-hydroxylation sites is 2. The molecule has 3 heterocycles. The Hall–Kier alpha value is -2.79. The first-order valence-electron chi connectivity index (χ1n) is 9.46. The van der Waals surface area contributed by atoms with Crippen molar-refractivity contribution in [3.8, 4) is 5.75 Å². The summed E-state index contributed by atoms with van der Waals surface area (Å²) < 4.78 is 12.2. The number of H-pyrrole nitrogens is 1. The highest BCUT2D eigenvalue weighted by Gasteiger charge is 2.41. The predicted octanol–water partition coefficient (Wildman–Crippen LogP) is 3.64. The van der Waals surface area contributed by atoms with Crippen LogP contribution in [0.25, 0.3) is 10.9 Å². The number of likely N-dealkylation sites (tertiary alicyclic amines) is 1. The van der Waals surface area contributed by atoms with Crippen molar-refractivity contribution in [2.75, 3.05) is 13.1 Å². The third-order valence-corrected chi connectivity index (χ3v) is 5.65. The summed E-state index contributed by atoms with van der Waals surface area (Å²) in [7, 11) is 0. The fourth-order valence-electron chi connectivity index (χ4n) is 4.06. The van der Waals surface area contributed by atoms with Crippen LogP contribution in [0.1, 0.15) is 24.0 Å². The van der Waals surface area contributed by atoms with Crippen LogP contribution in [0.3, 0.4) is 0 Å². The molecule has 1 saturated heterocycles. The van der Waals surface area contributed by atoms with Gasteiger partial charge in [0.05, 0.1) is 13.0 Å². The maximum atomic E-state index is 12.8. The van der Waals surface area contributed by atoms with Crippen LogP contribution in [0.2, 0.25) is 0 Å². The summed E-state index contributed by atoms with van der Waals surface area (Å²) in [5.74, 6) is 0.472. The number of hydrogen-bond donors (Lipinski definition) is 1. The van der Waals surface area contributed by atoms with Crippen molar-refractivity contribution >= 4 is 16.8 Å². The van der Waals surface area contributed by atoms with Crippen LogP contribution in [0.15, 0.2) is 54.7 Å². The molecule has 27 heavy (non-hydrogen) atoms. The lowest BCUT2D eigenvalue weighted by Gasteiger charge is -2.44. The molecule has 0 atom stereocenters. The number of hydrogen-bond acceptors (Lipinski definition) is 3. The Labute approximate surface area is 157 Å². The van der Waals surface area contributed by atoms with Crippen molar-refractivity contribution in [1.29, 1.82) is 0 Å². The van der Waals surface area contributed by atoms with Gasteiger partial charge in [-0.25, -0.2) is 0 Å². The second kappa shape index (κ2) is 6.43. The van der Waals surface area contributed by atoms with Crippen molar-refractivity contribution in [2.45, 2.75) is 31.7 Å². The molecule has 1 amide bonds. The van der Waals surface area contributed by atoms with Crippen LogP contribution in [0, 0.1) is 0 Å². The van der Waals surface area contributed by atoms with E-state index in [0.29, 0.717) is 39.0 Å². The first-order valence-corrected chi connectivity index (χ1v) is 9.46. The number of piperidine rings is 1. The van der Waals surface area contributed by atoms with Crippen LogP contribution in [0.4, 0.5) is 0 Å². The first kappa shape index (κ1) is 16.4. The number of fused-ring (bicyclic) bond motifs is 2. The van der Waals surface area contributed by atoms with Crippen LogP contribution >= 0.6 is 0 Å². The summed E-state index contributed by atoms with van der Waals surface area (Å²) in [6.45, 7) is 1.88. The Morgan fingerprint density at radius 3 is 2.74 bits per heavy atom.